The predicted molar refractivity (Wildman–Crippen MR) is 178 cm³/mol. The molecule has 2 aromatic heterocycles. The number of anilines is 5. The van der Waals surface area contributed by atoms with Crippen LogP contribution in [0.3, 0.4) is 0 Å². The highest BCUT2D eigenvalue weighted by molar-refractivity contribution is 6.02. The summed E-state index contributed by atoms with van der Waals surface area (Å²) in [5, 5.41) is 8.79. The molecule has 0 radical (unpaired) electrons. The van der Waals surface area contributed by atoms with Gasteiger partial charge in [0.1, 0.15) is 11.4 Å². The number of benzene rings is 1. The van der Waals surface area contributed by atoms with Crippen molar-refractivity contribution in [3.05, 3.63) is 65.5 Å². The summed E-state index contributed by atoms with van der Waals surface area (Å²) < 4.78 is 48.2. The fourth-order valence-electron chi connectivity index (χ4n) is 6.37. The van der Waals surface area contributed by atoms with E-state index < -0.39 is 23.5 Å². The average molecular weight is 667 g/mol. The van der Waals surface area contributed by atoms with Gasteiger partial charge in [-0.3, -0.25) is 14.5 Å². The van der Waals surface area contributed by atoms with E-state index >= 15 is 0 Å². The number of pyridine rings is 1. The van der Waals surface area contributed by atoms with Crippen molar-refractivity contribution in [2.24, 2.45) is 0 Å². The maximum absolute atomic E-state index is 14.3. The molecule has 1 saturated heterocycles. The molecule has 256 valence electrons. The Labute approximate surface area is 278 Å². The summed E-state index contributed by atoms with van der Waals surface area (Å²) in [6, 6.07) is 5.27. The van der Waals surface area contributed by atoms with Crippen LogP contribution in [0.15, 0.2) is 43.2 Å². The fraction of sp³-hybridized carbons (Fsp3) is 0.441. The van der Waals surface area contributed by atoms with Crippen LogP contribution in [0, 0.1) is 6.92 Å². The lowest BCUT2D eigenvalue weighted by molar-refractivity contribution is -0.137. The van der Waals surface area contributed by atoms with Crippen molar-refractivity contribution in [1.29, 1.82) is 0 Å². The third-order valence-corrected chi connectivity index (χ3v) is 9.00. The summed E-state index contributed by atoms with van der Waals surface area (Å²) in [6.07, 6.45) is 2.42. The topological polar surface area (TPSA) is 125 Å². The summed E-state index contributed by atoms with van der Waals surface area (Å²) in [5.74, 6) is -0.608. The van der Waals surface area contributed by atoms with Crippen LogP contribution >= 0.6 is 0 Å². The Morgan fingerprint density at radius 3 is 2.50 bits per heavy atom. The Morgan fingerprint density at radius 1 is 1.10 bits per heavy atom. The molecule has 3 aromatic rings. The summed E-state index contributed by atoms with van der Waals surface area (Å²) >= 11 is 0. The Hall–Kier alpha value is -4.72. The number of nitrogens with zero attached hydrogens (tertiary/aromatic N) is 5. The maximum Gasteiger partial charge on any atom is 0.421 e. The second-order valence-electron chi connectivity index (χ2n) is 12.3. The van der Waals surface area contributed by atoms with E-state index in [1.807, 2.05) is 11.0 Å². The number of methoxy groups -OCH3 is 1. The second kappa shape index (κ2) is 14.6. The zero-order chi connectivity index (χ0) is 34.6. The predicted octanol–water partition coefficient (Wildman–Crippen LogP) is 6.53. The van der Waals surface area contributed by atoms with E-state index in [1.54, 1.807) is 32.2 Å². The number of rotatable bonds is 10. The van der Waals surface area contributed by atoms with Gasteiger partial charge < -0.3 is 25.6 Å². The number of hydrogen-bond donors (Lipinski definition) is 3. The van der Waals surface area contributed by atoms with E-state index in [1.165, 1.54) is 7.11 Å². The van der Waals surface area contributed by atoms with Crippen LogP contribution in [0.2, 0.25) is 0 Å². The van der Waals surface area contributed by atoms with Crippen molar-refractivity contribution in [2.75, 3.05) is 42.7 Å². The van der Waals surface area contributed by atoms with Gasteiger partial charge in [0.05, 0.1) is 24.2 Å². The number of aromatic nitrogens is 3. The van der Waals surface area contributed by atoms with Gasteiger partial charge in [0, 0.05) is 57.6 Å². The molecular weight excluding hydrogens is 625 g/mol. The van der Waals surface area contributed by atoms with Crippen LogP contribution in [0.1, 0.15) is 67.7 Å². The van der Waals surface area contributed by atoms with Crippen LogP contribution in [0.5, 0.6) is 5.88 Å². The van der Waals surface area contributed by atoms with E-state index in [2.05, 4.69) is 49.3 Å². The molecule has 14 heteroatoms. The lowest BCUT2D eigenvalue weighted by Crippen LogP contribution is -2.52. The normalized spacial score (nSPS) is 17.2. The van der Waals surface area contributed by atoms with Gasteiger partial charge in [-0.15, -0.1) is 0 Å². The van der Waals surface area contributed by atoms with E-state index in [0.717, 1.165) is 49.1 Å². The number of piperazine rings is 1. The number of nitrogens with one attached hydrogen (secondary N) is 3. The fourth-order valence-corrected chi connectivity index (χ4v) is 6.37. The Bertz CT molecular complexity index is 1680. The molecule has 2 fully saturated rings. The van der Waals surface area contributed by atoms with Crippen molar-refractivity contribution in [2.45, 2.75) is 71.1 Å². The smallest absolute Gasteiger partial charge is 0.421 e. The number of alkyl halides is 3. The van der Waals surface area contributed by atoms with Crippen molar-refractivity contribution in [1.82, 2.24) is 24.8 Å². The molecule has 5 rings (SSSR count). The van der Waals surface area contributed by atoms with Crippen LogP contribution in [-0.2, 0) is 22.3 Å². The zero-order valence-electron chi connectivity index (χ0n) is 27.6. The molecule has 2 amide bonds. The lowest BCUT2D eigenvalue weighted by Gasteiger charge is -2.40. The molecule has 0 bridgehead atoms. The van der Waals surface area contributed by atoms with Gasteiger partial charge in [-0.25, -0.2) is 9.97 Å². The Kier molecular flexibility index (Phi) is 10.5. The minimum atomic E-state index is -4.77. The molecule has 2 aliphatic rings. The van der Waals surface area contributed by atoms with Crippen molar-refractivity contribution >= 4 is 40.6 Å². The van der Waals surface area contributed by atoms with E-state index in [-0.39, 0.29) is 29.5 Å². The molecule has 3 N–H and O–H groups in total. The zero-order valence-corrected chi connectivity index (χ0v) is 27.6. The Morgan fingerprint density at radius 2 is 1.85 bits per heavy atom. The van der Waals surface area contributed by atoms with Gasteiger partial charge >= 0.3 is 6.18 Å². The number of carbonyl (C=O) groups excluding carboxylic acids is 2. The summed E-state index contributed by atoms with van der Waals surface area (Å²) in [7, 11) is 1.46. The molecule has 1 atom stereocenters. The third-order valence-electron chi connectivity index (χ3n) is 9.00. The minimum absolute atomic E-state index is 0.0370. The van der Waals surface area contributed by atoms with E-state index in [9.17, 15) is 22.8 Å². The van der Waals surface area contributed by atoms with E-state index in [0.29, 0.717) is 49.0 Å². The number of aryl methyl sites for hydroxylation is 1. The number of hydrogen-bond acceptors (Lipinski definition) is 9. The highest BCUT2D eigenvalue weighted by Crippen LogP contribution is 2.45. The maximum atomic E-state index is 14.3. The largest absolute Gasteiger partial charge is 0.481 e. The molecule has 1 saturated carbocycles. The highest BCUT2D eigenvalue weighted by Gasteiger charge is 2.36. The lowest BCUT2D eigenvalue weighted by atomic mass is 9.89. The molecule has 1 aliphatic heterocycles. The minimum Gasteiger partial charge on any atom is -0.481 e. The quantitative estimate of drug-likeness (QED) is 0.207. The molecule has 1 aliphatic carbocycles. The Balaban J connectivity index is 1.57. The van der Waals surface area contributed by atoms with Crippen molar-refractivity contribution < 1.29 is 27.5 Å². The van der Waals surface area contributed by atoms with Gasteiger partial charge in [0.2, 0.25) is 23.6 Å². The molecule has 11 nitrogen and oxygen atoms in total. The molecule has 1 aromatic carbocycles. The van der Waals surface area contributed by atoms with Gasteiger partial charge in [0.25, 0.3) is 0 Å². The average Bonchev–Trinajstić information content (AvgIpc) is 3.58. The summed E-state index contributed by atoms with van der Waals surface area (Å²) in [5.41, 5.74) is 2.67. The van der Waals surface area contributed by atoms with Crippen molar-refractivity contribution in [3.63, 3.8) is 0 Å². The molecule has 48 heavy (non-hydrogen) atoms. The van der Waals surface area contributed by atoms with Crippen LogP contribution in [0.4, 0.5) is 42.0 Å². The van der Waals surface area contributed by atoms with Crippen LogP contribution < -0.4 is 20.7 Å². The van der Waals surface area contributed by atoms with E-state index in [4.69, 9.17) is 4.74 Å². The third kappa shape index (κ3) is 7.87. The van der Waals surface area contributed by atoms with Gasteiger partial charge in [0.15, 0.2) is 0 Å². The molecule has 0 unspecified atom stereocenters. The second-order valence-corrected chi connectivity index (χ2v) is 12.3. The van der Waals surface area contributed by atoms with Gasteiger partial charge in [-0.1, -0.05) is 25.5 Å². The number of ether oxygens (including phenoxy) is 1. The first-order valence-electron chi connectivity index (χ1n) is 16.0. The first-order chi connectivity index (χ1) is 22.9. The molecular formula is C34H41F3N8O3. The summed E-state index contributed by atoms with van der Waals surface area (Å²) in [4.78, 5) is 41.3. The first-order valence-corrected chi connectivity index (χ1v) is 16.0. The molecule has 3 heterocycles. The SMILES string of the molecule is C=CC(=O)Nc1c(Nc2nc(Nc3cc(OC)ncc3C)ncc2C(F)(F)F)ccc(CN2CCN(C(C)=O)C[C@H]2C)c1C1CCCC1. The highest BCUT2D eigenvalue weighted by atomic mass is 19.4. The monoisotopic (exact) mass is 666 g/mol. The van der Waals surface area contributed by atoms with Gasteiger partial charge in [-0.2, -0.15) is 18.2 Å². The number of carbonyl (C=O) groups is 2. The standard InChI is InChI=1S/C34H41F3N8O3/c1-6-28(47)42-31-26(12-11-24(30(31)23-9-7-8-10-23)19-44-13-14-45(22(4)46)18-21(44)3)40-32-25(34(35,36)37)17-39-33(43-32)41-27-15-29(48-5)38-16-20(27)2/h6,11-12,15-17,21,23H,1,7-10,13-14,18-19H2,2-5H3,(H,42,47)(H2,38,39,40,41,43)/t21-/m1/s1. The van der Waals surface area contributed by atoms with Crippen LogP contribution in [-0.4, -0.2) is 69.4 Å². The first kappa shape index (κ1) is 34.6. The number of halogens is 3. The van der Waals surface area contributed by atoms with Gasteiger partial charge in [-0.05, 0) is 61.4 Å². The summed E-state index contributed by atoms with van der Waals surface area (Å²) in [6.45, 7) is 11.5. The number of amides is 2. The molecule has 0 spiro atoms. The van der Waals surface area contributed by atoms with Crippen molar-refractivity contribution in [3.8, 4) is 5.88 Å². The van der Waals surface area contributed by atoms with Crippen LogP contribution in [0.25, 0.3) is 0 Å².